The standard InChI is InChI=1S/C21H24N4O2S/c1-5-9-24-20(17-8-10-27-15(17)4)22-23-21(24)28-12-19(26)18-11-13(2)25(14(18)3)16-6-7-16/h5,8,10-11,16H,1,6-7,9,12H2,2-4H3. The minimum atomic E-state index is 0.124. The third-order valence-electron chi connectivity index (χ3n) is 5.16. The number of nitrogens with zero attached hydrogens (tertiary/aromatic N) is 4. The smallest absolute Gasteiger partial charge is 0.192 e. The predicted octanol–water partition coefficient (Wildman–Crippen LogP) is 4.76. The van der Waals surface area contributed by atoms with E-state index in [-0.39, 0.29) is 5.78 Å². The van der Waals surface area contributed by atoms with Gasteiger partial charge >= 0.3 is 0 Å². The minimum absolute atomic E-state index is 0.124. The summed E-state index contributed by atoms with van der Waals surface area (Å²) in [6, 6.07) is 4.47. The molecule has 0 aromatic carbocycles. The topological polar surface area (TPSA) is 65.8 Å². The van der Waals surface area contributed by atoms with Gasteiger partial charge in [-0.25, -0.2) is 0 Å². The van der Waals surface area contributed by atoms with Crippen LogP contribution in [0.5, 0.6) is 0 Å². The van der Waals surface area contributed by atoms with Crippen LogP contribution in [0.3, 0.4) is 0 Å². The summed E-state index contributed by atoms with van der Waals surface area (Å²) in [4.78, 5) is 12.9. The van der Waals surface area contributed by atoms with Crippen LogP contribution >= 0.6 is 11.8 Å². The molecule has 0 saturated heterocycles. The zero-order valence-corrected chi connectivity index (χ0v) is 17.3. The Balaban J connectivity index is 1.54. The number of rotatable bonds is 8. The van der Waals surface area contributed by atoms with Crippen molar-refractivity contribution in [3.63, 3.8) is 0 Å². The lowest BCUT2D eigenvalue weighted by molar-refractivity contribution is 0.102. The van der Waals surface area contributed by atoms with E-state index in [1.54, 1.807) is 12.3 Å². The van der Waals surface area contributed by atoms with Gasteiger partial charge in [0.2, 0.25) is 0 Å². The molecule has 1 fully saturated rings. The third kappa shape index (κ3) is 3.35. The van der Waals surface area contributed by atoms with Gasteiger partial charge in [0.25, 0.3) is 0 Å². The second kappa shape index (κ2) is 7.47. The number of thioether (sulfide) groups is 1. The van der Waals surface area contributed by atoms with Crippen molar-refractivity contribution in [2.75, 3.05) is 5.75 Å². The summed E-state index contributed by atoms with van der Waals surface area (Å²) >= 11 is 1.41. The molecule has 0 atom stereocenters. The van der Waals surface area contributed by atoms with Crippen LogP contribution in [0, 0.1) is 20.8 Å². The van der Waals surface area contributed by atoms with E-state index in [4.69, 9.17) is 4.42 Å². The molecule has 28 heavy (non-hydrogen) atoms. The lowest BCUT2D eigenvalue weighted by Crippen LogP contribution is -2.07. The largest absolute Gasteiger partial charge is 0.469 e. The van der Waals surface area contributed by atoms with Crippen LogP contribution in [0.4, 0.5) is 0 Å². The number of allylic oxidation sites excluding steroid dienone is 1. The highest BCUT2D eigenvalue weighted by Gasteiger charge is 2.28. The molecule has 4 rings (SSSR count). The van der Waals surface area contributed by atoms with Crippen molar-refractivity contribution in [2.45, 2.75) is 51.4 Å². The zero-order chi connectivity index (χ0) is 19.8. The number of Topliss-reactive ketones (excluding diaryl/α,β-unsaturated/α-hetero) is 1. The number of ketones is 1. The molecular formula is C21H24N4O2S. The van der Waals surface area contributed by atoms with Gasteiger partial charge in [0.1, 0.15) is 5.76 Å². The van der Waals surface area contributed by atoms with Gasteiger partial charge in [0.15, 0.2) is 16.8 Å². The fraction of sp³-hybridized carbons (Fsp3) is 0.381. The molecule has 3 aromatic rings. The first kappa shape index (κ1) is 18.8. The van der Waals surface area contributed by atoms with Gasteiger partial charge in [-0.15, -0.1) is 16.8 Å². The molecule has 1 aliphatic carbocycles. The highest BCUT2D eigenvalue weighted by molar-refractivity contribution is 7.99. The van der Waals surface area contributed by atoms with Gasteiger partial charge in [-0.05, 0) is 45.7 Å². The maximum absolute atomic E-state index is 12.9. The maximum Gasteiger partial charge on any atom is 0.192 e. The molecule has 1 saturated carbocycles. The highest BCUT2D eigenvalue weighted by atomic mass is 32.2. The van der Waals surface area contributed by atoms with Gasteiger partial charge < -0.3 is 8.98 Å². The molecule has 3 heterocycles. The summed E-state index contributed by atoms with van der Waals surface area (Å²) in [5.41, 5.74) is 3.96. The van der Waals surface area contributed by atoms with E-state index in [1.807, 2.05) is 30.5 Å². The first-order chi connectivity index (χ1) is 13.5. The number of furan rings is 1. The Bertz CT molecular complexity index is 1040. The SMILES string of the molecule is C=CCn1c(SCC(=O)c2cc(C)n(C3CC3)c2C)nnc1-c1ccoc1C. The summed E-state index contributed by atoms with van der Waals surface area (Å²) in [6.07, 6.45) is 5.86. The van der Waals surface area contributed by atoms with E-state index in [9.17, 15) is 4.79 Å². The Kier molecular flexibility index (Phi) is 5.02. The van der Waals surface area contributed by atoms with Crippen LogP contribution in [0.2, 0.25) is 0 Å². The van der Waals surface area contributed by atoms with Crippen LogP contribution in [0.1, 0.15) is 46.4 Å². The van der Waals surface area contributed by atoms with Crippen LogP contribution in [-0.4, -0.2) is 30.9 Å². The molecule has 3 aromatic heterocycles. The van der Waals surface area contributed by atoms with Crippen molar-refractivity contribution in [3.8, 4) is 11.4 Å². The molecular weight excluding hydrogens is 372 g/mol. The molecule has 0 radical (unpaired) electrons. The molecule has 6 nitrogen and oxygen atoms in total. The van der Waals surface area contributed by atoms with Crippen LogP contribution < -0.4 is 0 Å². The summed E-state index contributed by atoms with van der Waals surface area (Å²) < 4.78 is 9.67. The maximum atomic E-state index is 12.9. The van der Waals surface area contributed by atoms with E-state index < -0.39 is 0 Å². The van der Waals surface area contributed by atoms with E-state index in [0.29, 0.717) is 23.5 Å². The predicted molar refractivity (Wildman–Crippen MR) is 110 cm³/mol. The normalized spacial score (nSPS) is 13.8. The Labute approximate surface area is 168 Å². The molecule has 0 N–H and O–H groups in total. The summed E-state index contributed by atoms with van der Waals surface area (Å²) in [6.45, 7) is 10.4. The number of hydrogen-bond acceptors (Lipinski definition) is 5. The van der Waals surface area contributed by atoms with Crippen molar-refractivity contribution in [1.82, 2.24) is 19.3 Å². The Hall–Kier alpha value is -2.54. The van der Waals surface area contributed by atoms with Crippen molar-refractivity contribution < 1.29 is 9.21 Å². The first-order valence-electron chi connectivity index (χ1n) is 9.44. The Morgan fingerprint density at radius 2 is 2.14 bits per heavy atom. The molecule has 146 valence electrons. The Morgan fingerprint density at radius 3 is 2.79 bits per heavy atom. The number of carbonyl (C=O) groups is 1. The molecule has 0 bridgehead atoms. The fourth-order valence-electron chi connectivity index (χ4n) is 3.67. The van der Waals surface area contributed by atoms with Gasteiger partial charge in [0, 0.05) is 29.5 Å². The van der Waals surface area contributed by atoms with Gasteiger partial charge in [-0.3, -0.25) is 9.36 Å². The second-order valence-corrected chi connectivity index (χ2v) is 8.14. The van der Waals surface area contributed by atoms with Crippen LogP contribution in [-0.2, 0) is 6.54 Å². The van der Waals surface area contributed by atoms with Crippen molar-refractivity contribution in [1.29, 1.82) is 0 Å². The lowest BCUT2D eigenvalue weighted by atomic mass is 10.2. The van der Waals surface area contributed by atoms with E-state index >= 15 is 0 Å². The number of carbonyl (C=O) groups excluding carboxylic acids is 1. The van der Waals surface area contributed by atoms with E-state index in [1.165, 1.54) is 30.3 Å². The summed E-state index contributed by atoms with van der Waals surface area (Å²) in [5, 5.41) is 9.34. The van der Waals surface area contributed by atoms with Crippen molar-refractivity contribution in [3.05, 3.63) is 53.8 Å². The monoisotopic (exact) mass is 396 g/mol. The quantitative estimate of drug-likeness (QED) is 0.312. The number of hydrogen-bond donors (Lipinski definition) is 0. The molecule has 0 unspecified atom stereocenters. The molecule has 0 aliphatic heterocycles. The number of aryl methyl sites for hydroxylation is 2. The van der Waals surface area contributed by atoms with Crippen molar-refractivity contribution >= 4 is 17.5 Å². The van der Waals surface area contributed by atoms with Crippen molar-refractivity contribution in [2.24, 2.45) is 0 Å². The van der Waals surface area contributed by atoms with E-state index in [0.717, 1.165) is 28.4 Å². The lowest BCUT2D eigenvalue weighted by Gasteiger charge is -2.08. The summed E-state index contributed by atoms with van der Waals surface area (Å²) in [5.74, 6) is 1.97. The average molecular weight is 397 g/mol. The molecule has 1 aliphatic rings. The van der Waals surface area contributed by atoms with Crippen LogP contribution in [0.25, 0.3) is 11.4 Å². The highest BCUT2D eigenvalue weighted by Crippen LogP contribution is 2.38. The third-order valence-corrected chi connectivity index (χ3v) is 6.12. The molecule has 0 amide bonds. The zero-order valence-electron chi connectivity index (χ0n) is 16.4. The van der Waals surface area contributed by atoms with Crippen LogP contribution in [0.15, 0.2) is 40.6 Å². The first-order valence-corrected chi connectivity index (χ1v) is 10.4. The summed E-state index contributed by atoms with van der Waals surface area (Å²) in [7, 11) is 0. The minimum Gasteiger partial charge on any atom is -0.469 e. The second-order valence-electron chi connectivity index (χ2n) is 7.19. The van der Waals surface area contributed by atoms with Gasteiger partial charge in [-0.1, -0.05) is 17.8 Å². The van der Waals surface area contributed by atoms with Gasteiger partial charge in [0.05, 0.1) is 17.6 Å². The Morgan fingerprint density at radius 1 is 1.36 bits per heavy atom. The van der Waals surface area contributed by atoms with E-state index in [2.05, 4.69) is 28.3 Å². The average Bonchev–Trinajstić information content (AvgIpc) is 3.16. The molecule has 0 spiro atoms. The fourth-order valence-corrected chi connectivity index (χ4v) is 4.50. The number of aromatic nitrogens is 4. The van der Waals surface area contributed by atoms with Gasteiger partial charge in [-0.2, -0.15) is 0 Å². The molecule has 7 heteroatoms.